The number of hydrogen-bond donors (Lipinski definition) is 0. The predicted molar refractivity (Wildman–Crippen MR) is 81.1 cm³/mol. The number of hydrogen-bond acceptors (Lipinski definition) is 4. The van der Waals surface area contributed by atoms with Crippen LogP contribution in [0.2, 0.25) is 0 Å². The Hall–Kier alpha value is -1.07. The van der Waals surface area contributed by atoms with Gasteiger partial charge in [-0.15, -0.1) is 0 Å². The lowest BCUT2D eigenvalue weighted by Crippen LogP contribution is -2.34. The molecule has 0 radical (unpaired) electrons. The number of morpholine rings is 1. The molecule has 0 aromatic carbocycles. The zero-order valence-corrected chi connectivity index (χ0v) is 12.8. The van der Waals surface area contributed by atoms with Crippen LogP contribution in [0.15, 0.2) is 28.3 Å². The molecule has 19 heavy (non-hydrogen) atoms. The largest absolute Gasteiger partial charge is 0.460 e. The smallest absolute Gasteiger partial charge is 0.174 e. The van der Waals surface area contributed by atoms with Gasteiger partial charge in [0.15, 0.2) is 5.76 Å². The second kappa shape index (κ2) is 6.91. The van der Waals surface area contributed by atoms with E-state index in [0.717, 1.165) is 60.9 Å². The summed E-state index contributed by atoms with van der Waals surface area (Å²) in [6.45, 7) is 9.41. The molecular weight excluding hydrogens is 308 g/mol. The van der Waals surface area contributed by atoms with Gasteiger partial charge in [-0.05, 0) is 22.4 Å². The summed E-state index contributed by atoms with van der Waals surface area (Å²) < 4.78 is 11.8. The normalized spacial score (nSPS) is 16.7. The third kappa shape index (κ3) is 3.70. The molecule has 2 rings (SSSR count). The van der Waals surface area contributed by atoms with Crippen LogP contribution in [-0.4, -0.2) is 35.8 Å². The number of furan rings is 1. The van der Waals surface area contributed by atoms with E-state index in [9.17, 15) is 0 Å². The summed E-state index contributed by atoms with van der Waals surface area (Å²) in [5.74, 6) is 0.745. The van der Waals surface area contributed by atoms with Crippen molar-refractivity contribution >= 4 is 31.9 Å². The van der Waals surface area contributed by atoms with Crippen molar-refractivity contribution in [1.82, 2.24) is 4.90 Å². The summed E-state index contributed by atoms with van der Waals surface area (Å²) in [5.41, 5.74) is 1.71. The highest BCUT2D eigenvalue weighted by Crippen LogP contribution is 2.30. The van der Waals surface area contributed by atoms with E-state index >= 15 is 0 Å². The Balaban J connectivity index is 2.14. The van der Waals surface area contributed by atoms with Crippen molar-refractivity contribution < 1.29 is 9.15 Å². The summed E-state index contributed by atoms with van der Waals surface area (Å²) in [5, 5.41) is 0. The van der Waals surface area contributed by atoms with E-state index < -0.39 is 0 Å². The van der Waals surface area contributed by atoms with Gasteiger partial charge in [0.05, 0.1) is 29.8 Å². The van der Waals surface area contributed by atoms with Crippen LogP contribution in [0.3, 0.4) is 0 Å². The minimum Gasteiger partial charge on any atom is -0.460 e. The lowest BCUT2D eigenvalue weighted by molar-refractivity contribution is 0.0634. The number of aliphatic imine (C=N–C) groups is 1. The van der Waals surface area contributed by atoms with Gasteiger partial charge in [0, 0.05) is 19.2 Å². The fourth-order valence-corrected chi connectivity index (χ4v) is 2.56. The fraction of sp³-hybridized carbons (Fsp3) is 0.500. The molecule has 1 aliphatic rings. The zero-order valence-electron chi connectivity index (χ0n) is 11.2. The van der Waals surface area contributed by atoms with E-state index in [4.69, 9.17) is 9.15 Å². The molecule has 1 aromatic rings. The number of ether oxygens (including phenoxy) is 1. The van der Waals surface area contributed by atoms with E-state index in [-0.39, 0.29) is 0 Å². The van der Waals surface area contributed by atoms with Crippen molar-refractivity contribution in [2.75, 3.05) is 26.3 Å². The summed E-state index contributed by atoms with van der Waals surface area (Å²) in [7, 11) is 0. The molecule has 4 nitrogen and oxygen atoms in total. The summed E-state index contributed by atoms with van der Waals surface area (Å²) >= 11 is 3.48. The topological polar surface area (TPSA) is 38.0 Å². The minimum absolute atomic E-state index is 0.734. The van der Waals surface area contributed by atoms with Crippen LogP contribution in [0.25, 0.3) is 5.70 Å². The highest BCUT2D eigenvalue weighted by atomic mass is 79.9. The van der Waals surface area contributed by atoms with E-state index in [2.05, 4.69) is 39.3 Å². The zero-order chi connectivity index (χ0) is 13.7. The quantitative estimate of drug-likeness (QED) is 0.772. The molecule has 5 heteroatoms. The minimum atomic E-state index is 0.734. The molecule has 0 aliphatic carbocycles. The Labute approximate surface area is 122 Å². The molecular formula is C14H19BrN2O2. The van der Waals surface area contributed by atoms with E-state index in [1.54, 1.807) is 6.26 Å². The second-order valence-corrected chi connectivity index (χ2v) is 5.33. The molecule has 0 bridgehead atoms. The first-order valence-corrected chi connectivity index (χ1v) is 7.34. The van der Waals surface area contributed by atoms with Crippen molar-refractivity contribution in [3.8, 4) is 0 Å². The Kier molecular flexibility index (Phi) is 5.22. The molecule has 1 aromatic heterocycles. The standard InChI is InChI=1S/C14H19BrN2O2/c1-3-4-13(15)16-12-5-8-19-14(12)11(2)17-6-9-18-10-7-17/h5,8H,2-4,6-7,9-10H2,1H3. The van der Waals surface area contributed by atoms with Crippen molar-refractivity contribution in [3.05, 3.63) is 24.7 Å². The molecule has 0 atom stereocenters. The van der Waals surface area contributed by atoms with Crippen LogP contribution in [-0.2, 0) is 4.74 Å². The van der Waals surface area contributed by atoms with Gasteiger partial charge < -0.3 is 14.1 Å². The third-order valence-electron chi connectivity index (χ3n) is 3.00. The van der Waals surface area contributed by atoms with Gasteiger partial charge in [0.2, 0.25) is 0 Å². The van der Waals surface area contributed by atoms with E-state index in [0.29, 0.717) is 0 Å². The Morgan fingerprint density at radius 2 is 2.21 bits per heavy atom. The SMILES string of the molecule is C=C(c1occc1N=C(Br)CCC)N1CCOCC1. The average Bonchev–Trinajstić information content (AvgIpc) is 2.87. The third-order valence-corrected chi connectivity index (χ3v) is 3.57. The maximum absolute atomic E-state index is 5.55. The van der Waals surface area contributed by atoms with Gasteiger partial charge in [-0.1, -0.05) is 19.9 Å². The second-order valence-electron chi connectivity index (χ2n) is 4.42. The Morgan fingerprint density at radius 1 is 1.47 bits per heavy atom. The summed E-state index contributed by atoms with van der Waals surface area (Å²) in [6.07, 6.45) is 3.64. The number of rotatable bonds is 5. The maximum Gasteiger partial charge on any atom is 0.174 e. The van der Waals surface area contributed by atoms with E-state index in [1.165, 1.54) is 0 Å². The molecule has 1 fully saturated rings. The molecule has 0 spiro atoms. The van der Waals surface area contributed by atoms with Crippen molar-refractivity contribution in [1.29, 1.82) is 0 Å². The van der Waals surface area contributed by atoms with Crippen LogP contribution in [0.4, 0.5) is 5.69 Å². The molecule has 104 valence electrons. The predicted octanol–water partition coefficient (Wildman–Crippen LogP) is 3.81. The average molecular weight is 327 g/mol. The van der Waals surface area contributed by atoms with Gasteiger partial charge in [0.25, 0.3) is 0 Å². The van der Waals surface area contributed by atoms with Crippen molar-refractivity contribution in [3.63, 3.8) is 0 Å². The first-order chi connectivity index (χ1) is 9.22. The Bertz CT molecular complexity index is 462. The van der Waals surface area contributed by atoms with Gasteiger partial charge in [0.1, 0.15) is 5.69 Å². The van der Waals surface area contributed by atoms with Gasteiger partial charge in [-0.25, -0.2) is 4.99 Å². The van der Waals surface area contributed by atoms with Crippen LogP contribution in [0.5, 0.6) is 0 Å². The summed E-state index contributed by atoms with van der Waals surface area (Å²) in [6, 6.07) is 1.87. The Morgan fingerprint density at radius 3 is 2.89 bits per heavy atom. The molecule has 1 aliphatic heterocycles. The van der Waals surface area contributed by atoms with Gasteiger partial charge >= 0.3 is 0 Å². The van der Waals surface area contributed by atoms with E-state index in [1.807, 2.05) is 6.07 Å². The fourth-order valence-electron chi connectivity index (χ4n) is 1.98. The van der Waals surface area contributed by atoms with Crippen LogP contribution in [0.1, 0.15) is 25.5 Å². The van der Waals surface area contributed by atoms with Gasteiger partial charge in [-0.2, -0.15) is 0 Å². The molecule has 0 unspecified atom stereocenters. The molecule has 0 amide bonds. The highest BCUT2D eigenvalue weighted by molar-refractivity contribution is 9.18. The van der Waals surface area contributed by atoms with Crippen LogP contribution >= 0.6 is 15.9 Å². The molecule has 0 saturated carbocycles. The summed E-state index contributed by atoms with van der Waals surface area (Å²) in [4.78, 5) is 6.72. The number of halogens is 1. The molecule has 2 heterocycles. The maximum atomic E-state index is 5.55. The van der Waals surface area contributed by atoms with Crippen LogP contribution in [0, 0.1) is 0 Å². The lowest BCUT2D eigenvalue weighted by Gasteiger charge is -2.29. The lowest BCUT2D eigenvalue weighted by atomic mass is 10.2. The van der Waals surface area contributed by atoms with Gasteiger partial charge in [-0.3, -0.25) is 0 Å². The van der Waals surface area contributed by atoms with Crippen molar-refractivity contribution in [2.24, 2.45) is 4.99 Å². The first-order valence-electron chi connectivity index (χ1n) is 6.55. The number of nitrogens with zero attached hydrogens (tertiary/aromatic N) is 2. The van der Waals surface area contributed by atoms with Crippen LogP contribution < -0.4 is 0 Å². The first kappa shape index (κ1) is 14.3. The highest BCUT2D eigenvalue weighted by Gasteiger charge is 2.18. The van der Waals surface area contributed by atoms with Crippen molar-refractivity contribution in [2.45, 2.75) is 19.8 Å². The molecule has 1 saturated heterocycles. The molecule has 0 N–H and O–H groups in total. The monoisotopic (exact) mass is 326 g/mol.